The number of nitrogen functional groups attached to an aromatic ring is 1. The van der Waals surface area contributed by atoms with Gasteiger partial charge in [0.15, 0.2) is 0 Å². The lowest BCUT2D eigenvalue weighted by atomic mass is 10.0. The van der Waals surface area contributed by atoms with Crippen molar-refractivity contribution in [3.8, 4) is 11.3 Å². The highest BCUT2D eigenvalue weighted by atomic mass is 19.1. The van der Waals surface area contributed by atoms with Gasteiger partial charge in [-0.15, -0.1) is 0 Å². The topological polar surface area (TPSA) is 63.8 Å². The van der Waals surface area contributed by atoms with Crippen molar-refractivity contribution in [2.24, 2.45) is 0 Å². The molecule has 0 aliphatic rings. The van der Waals surface area contributed by atoms with Crippen LogP contribution in [-0.2, 0) is 6.54 Å². The predicted molar refractivity (Wildman–Crippen MR) is 73.8 cm³/mol. The minimum atomic E-state index is -0.255. The quantitative estimate of drug-likeness (QED) is 0.885. The molecule has 100 valence electrons. The molecule has 1 aromatic carbocycles. The van der Waals surface area contributed by atoms with Crippen molar-refractivity contribution in [3.63, 3.8) is 0 Å². The molecule has 19 heavy (non-hydrogen) atoms. The minimum Gasteiger partial charge on any atom is -0.382 e. The Hall–Kier alpha value is -2.01. The van der Waals surface area contributed by atoms with Crippen LogP contribution in [0.5, 0.6) is 0 Å². The number of benzene rings is 1. The first kappa shape index (κ1) is 13.4. The van der Waals surface area contributed by atoms with E-state index in [0.29, 0.717) is 29.2 Å². The summed E-state index contributed by atoms with van der Waals surface area (Å²) in [5.41, 5.74) is 7.50. The number of halogens is 1. The maximum atomic E-state index is 14.0. The van der Waals surface area contributed by atoms with Gasteiger partial charge >= 0.3 is 0 Å². The zero-order valence-corrected chi connectivity index (χ0v) is 11.0. The second kappa shape index (κ2) is 5.75. The number of nitrogens with zero attached hydrogens (tertiary/aromatic N) is 2. The minimum absolute atomic E-state index is 0.255. The predicted octanol–water partition coefficient (Wildman–Crippen LogP) is 2.36. The van der Waals surface area contributed by atoms with Crippen LogP contribution >= 0.6 is 0 Å². The molecule has 4 nitrogen and oxygen atoms in total. The van der Waals surface area contributed by atoms with Gasteiger partial charge in [-0.1, -0.05) is 26.0 Å². The van der Waals surface area contributed by atoms with Crippen LogP contribution in [0.15, 0.2) is 30.6 Å². The Balaban J connectivity index is 2.42. The Kier molecular flexibility index (Phi) is 4.06. The van der Waals surface area contributed by atoms with E-state index in [0.717, 1.165) is 0 Å². The number of nitrogens with two attached hydrogens (primary N) is 1. The normalized spacial score (nSPS) is 10.9. The first-order valence-electron chi connectivity index (χ1n) is 6.16. The maximum absolute atomic E-state index is 14.0. The smallest absolute Gasteiger partial charge is 0.142 e. The highest BCUT2D eigenvalue weighted by molar-refractivity contribution is 5.64. The van der Waals surface area contributed by atoms with E-state index in [1.807, 2.05) is 19.9 Å². The summed E-state index contributed by atoms with van der Waals surface area (Å²) in [4.78, 5) is 8.19. The van der Waals surface area contributed by atoms with Crippen LogP contribution in [0.4, 0.5) is 10.2 Å². The molecule has 3 N–H and O–H groups in total. The van der Waals surface area contributed by atoms with E-state index in [9.17, 15) is 4.39 Å². The molecule has 2 aromatic rings. The monoisotopic (exact) mass is 260 g/mol. The van der Waals surface area contributed by atoms with Crippen LogP contribution in [0, 0.1) is 5.82 Å². The lowest BCUT2D eigenvalue weighted by Gasteiger charge is -2.13. The Morgan fingerprint density at radius 3 is 2.79 bits per heavy atom. The van der Waals surface area contributed by atoms with Gasteiger partial charge in [0.1, 0.15) is 11.6 Å². The van der Waals surface area contributed by atoms with Gasteiger partial charge in [0.2, 0.25) is 0 Å². The van der Waals surface area contributed by atoms with Gasteiger partial charge in [-0.2, -0.15) is 0 Å². The molecule has 0 unspecified atom stereocenters. The van der Waals surface area contributed by atoms with Gasteiger partial charge in [-0.05, 0) is 6.07 Å². The number of anilines is 1. The first-order chi connectivity index (χ1) is 9.08. The number of aromatic nitrogens is 2. The van der Waals surface area contributed by atoms with Gasteiger partial charge < -0.3 is 11.1 Å². The highest BCUT2D eigenvalue weighted by Gasteiger charge is 2.12. The van der Waals surface area contributed by atoms with E-state index in [1.165, 1.54) is 12.3 Å². The standard InChI is InChI=1S/C14H17FN4/c1-9(2)18-6-11-10(4-3-5-12(11)15)13-7-17-8-14(16)19-13/h3-5,7-9,18H,6H2,1-2H3,(H2,16,19). The van der Waals surface area contributed by atoms with E-state index in [-0.39, 0.29) is 11.9 Å². The van der Waals surface area contributed by atoms with Crippen molar-refractivity contribution >= 4 is 5.82 Å². The molecule has 0 aliphatic carbocycles. The van der Waals surface area contributed by atoms with Crippen LogP contribution in [0.2, 0.25) is 0 Å². The third kappa shape index (κ3) is 3.26. The van der Waals surface area contributed by atoms with Crippen LogP contribution < -0.4 is 11.1 Å². The molecule has 0 bridgehead atoms. The van der Waals surface area contributed by atoms with E-state index in [4.69, 9.17) is 5.73 Å². The summed E-state index contributed by atoms with van der Waals surface area (Å²) >= 11 is 0. The molecule has 0 saturated heterocycles. The number of rotatable bonds is 4. The molecule has 0 spiro atoms. The van der Waals surface area contributed by atoms with Gasteiger partial charge in [-0.25, -0.2) is 9.37 Å². The van der Waals surface area contributed by atoms with Crippen molar-refractivity contribution in [1.82, 2.24) is 15.3 Å². The summed E-state index contributed by atoms with van der Waals surface area (Å²) in [6.45, 7) is 4.47. The average Bonchev–Trinajstić information content (AvgIpc) is 2.37. The Morgan fingerprint density at radius 1 is 1.32 bits per heavy atom. The third-order valence-corrected chi connectivity index (χ3v) is 2.74. The molecule has 0 atom stereocenters. The SMILES string of the molecule is CC(C)NCc1c(F)cccc1-c1cncc(N)n1. The van der Waals surface area contributed by atoms with E-state index < -0.39 is 0 Å². The Morgan fingerprint density at radius 2 is 2.11 bits per heavy atom. The molecular formula is C14H17FN4. The van der Waals surface area contributed by atoms with Crippen LogP contribution in [0.3, 0.4) is 0 Å². The molecule has 0 saturated carbocycles. The van der Waals surface area contributed by atoms with Crippen molar-refractivity contribution in [2.45, 2.75) is 26.4 Å². The lowest BCUT2D eigenvalue weighted by Crippen LogP contribution is -2.23. The fourth-order valence-electron chi connectivity index (χ4n) is 1.80. The second-order valence-electron chi connectivity index (χ2n) is 4.63. The highest BCUT2D eigenvalue weighted by Crippen LogP contribution is 2.24. The zero-order chi connectivity index (χ0) is 13.8. The van der Waals surface area contributed by atoms with Gasteiger partial charge in [0.25, 0.3) is 0 Å². The van der Waals surface area contributed by atoms with Crippen LogP contribution in [-0.4, -0.2) is 16.0 Å². The second-order valence-corrected chi connectivity index (χ2v) is 4.63. The molecule has 0 fully saturated rings. The van der Waals surface area contributed by atoms with Crippen molar-refractivity contribution in [3.05, 3.63) is 42.0 Å². The van der Waals surface area contributed by atoms with Crippen molar-refractivity contribution < 1.29 is 4.39 Å². The van der Waals surface area contributed by atoms with Crippen LogP contribution in [0.1, 0.15) is 19.4 Å². The summed E-state index contributed by atoms with van der Waals surface area (Å²) in [6.07, 6.45) is 3.05. The molecule has 0 aliphatic heterocycles. The maximum Gasteiger partial charge on any atom is 0.142 e. The van der Waals surface area contributed by atoms with Gasteiger partial charge in [-0.3, -0.25) is 4.98 Å². The average molecular weight is 260 g/mol. The van der Waals surface area contributed by atoms with Crippen molar-refractivity contribution in [2.75, 3.05) is 5.73 Å². The van der Waals surface area contributed by atoms with Gasteiger partial charge in [0, 0.05) is 23.7 Å². The summed E-state index contributed by atoms with van der Waals surface area (Å²) < 4.78 is 14.0. The molecule has 1 heterocycles. The summed E-state index contributed by atoms with van der Waals surface area (Å²) in [5, 5.41) is 3.21. The van der Waals surface area contributed by atoms with E-state index in [2.05, 4.69) is 15.3 Å². The summed E-state index contributed by atoms with van der Waals surface area (Å²) in [5.74, 6) is 0.0689. The molecule has 0 amide bonds. The fraction of sp³-hybridized carbons (Fsp3) is 0.286. The first-order valence-corrected chi connectivity index (χ1v) is 6.16. The van der Waals surface area contributed by atoms with Crippen LogP contribution in [0.25, 0.3) is 11.3 Å². The molecule has 1 aromatic heterocycles. The number of hydrogen-bond acceptors (Lipinski definition) is 4. The molecular weight excluding hydrogens is 243 g/mol. The Labute approximate surface area is 111 Å². The third-order valence-electron chi connectivity index (χ3n) is 2.74. The number of nitrogens with one attached hydrogen (secondary N) is 1. The largest absolute Gasteiger partial charge is 0.382 e. The molecule has 5 heteroatoms. The molecule has 2 rings (SSSR count). The summed E-state index contributed by atoms with van der Waals surface area (Å²) in [6, 6.07) is 5.21. The summed E-state index contributed by atoms with van der Waals surface area (Å²) in [7, 11) is 0. The van der Waals surface area contributed by atoms with E-state index >= 15 is 0 Å². The lowest BCUT2D eigenvalue weighted by molar-refractivity contribution is 0.554. The Bertz CT molecular complexity index is 569. The number of hydrogen-bond donors (Lipinski definition) is 2. The van der Waals surface area contributed by atoms with Gasteiger partial charge in [0.05, 0.1) is 18.1 Å². The van der Waals surface area contributed by atoms with E-state index in [1.54, 1.807) is 12.3 Å². The molecule has 0 radical (unpaired) electrons. The zero-order valence-electron chi connectivity index (χ0n) is 11.0. The van der Waals surface area contributed by atoms with Crippen molar-refractivity contribution in [1.29, 1.82) is 0 Å². The fourth-order valence-corrected chi connectivity index (χ4v) is 1.80.